The van der Waals surface area contributed by atoms with Gasteiger partial charge in [-0.15, -0.1) is 28.6 Å². The topological polar surface area (TPSA) is 121 Å². The van der Waals surface area contributed by atoms with Gasteiger partial charge in [-0.1, -0.05) is 73.2 Å². The number of hydrogen-bond acceptors (Lipinski definition) is 9. The standard InChI is InChI=1S/C34H36N2O7S3/c37-30-19-20-31(38)36(30)43-32(39)18-5-2-10-21-44-34(45-22-11-23-46(40,41)42)33-26-14-6-8-16-28(26)35(24-25-12-3-1-4-13-25)29-17-9-7-15-27(29)33/h1,3-4,6-9,12-17H,2,5,10-11,18-24H2,(H,40,41,42). The number of imide groups is 1. The molecule has 3 aromatic carbocycles. The highest BCUT2D eigenvalue weighted by Crippen LogP contribution is 2.50. The lowest BCUT2D eigenvalue weighted by Gasteiger charge is -2.35. The van der Waals surface area contributed by atoms with Gasteiger partial charge in [0.2, 0.25) is 0 Å². The summed E-state index contributed by atoms with van der Waals surface area (Å²) in [5.74, 6) is -0.583. The highest BCUT2D eigenvalue weighted by atomic mass is 32.2. The van der Waals surface area contributed by atoms with E-state index in [1.54, 1.807) is 23.5 Å². The first-order valence-corrected chi connectivity index (χ1v) is 18.8. The Hall–Kier alpha value is -3.58. The lowest BCUT2D eigenvalue weighted by molar-refractivity contribution is -0.197. The van der Waals surface area contributed by atoms with Crippen LogP contribution in [-0.4, -0.2) is 53.1 Å². The van der Waals surface area contributed by atoms with Crippen molar-refractivity contribution in [2.75, 3.05) is 22.2 Å². The van der Waals surface area contributed by atoms with Crippen molar-refractivity contribution < 1.29 is 32.2 Å². The molecule has 0 aliphatic carbocycles. The summed E-state index contributed by atoms with van der Waals surface area (Å²) in [5, 5.41) is 0.580. The maximum atomic E-state index is 12.2. The van der Waals surface area contributed by atoms with E-state index in [9.17, 15) is 27.4 Å². The first-order valence-electron chi connectivity index (χ1n) is 15.2. The number of nitrogens with zero attached hydrogens (tertiary/aromatic N) is 2. The minimum absolute atomic E-state index is 0.0645. The van der Waals surface area contributed by atoms with Crippen LogP contribution in [0.25, 0.3) is 5.57 Å². The minimum atomic E-state index is -4.05. The number of thioether (sulfide) groups is 2. The Kier molecular flexibility index (Phi) is 11.6. The van der Waals surface area contributed by atoms with E-state index in [1.165, 1.54) is 5.56 Å². The van der Waals surface area contributed by atoms with Crippen molar-refractivity contribution >= 4 is 68.4 Å². The van der Waals surface area contributed by atoms with Gasteiger partial charge in [-0.25, -0.2) is 4.79 Å². The normalized spacial score (nSPS) is 14.3. The summed E-state index contributed by atoms with van der Waals surface area (Å²) in [6.45, 7) is 0.703. The number of para-hydroxylation sites is 2. The second kappa shape index (κ2) is 15.8. The SMILES string of the molecule is O=C(CCCCCSC(SCCCS(=O)(=O)O)=C1c2ccccc2N(Cc2ccccc2)c2ccccc21)ON1C(=O)CCC1=O. The molecule has 2 aliphatic heterocycles. The van der Waals surface area contributed by atoms with Crippen LogP contribution in [-0.2, 0) is 35.9 Å². The second-order valence-electron chi connectivity index (χ2n) is 11.0. The Morgan fingerprint density at radius 1 is 0.761 bits per heavy atom. The smallest absolute Gasteiger partial charge is 0.333 e. The van der Waals surface area contributed by atoms with Crippen LogP contribution < -0.4 is 4.90 Å². The summed E-state index contributed by atoms with van der Waals surface area (Å²) in [6, 6.07) is 27.0. The van der Waals surface area contributed by atoms with Crippen molar-refractivity contribution in [1.82, 2.24) is 5.06 Å². The van der Waals surface area contributed by atoms with Crippen molar-refractivity contribution in [3.63, 3.8) is 0 Å². The van der Waals surface area contributed by atoms with E-state index in [2.05, 4.69) is 41.3 Å². The minimum Gasteiger partial charge on any atom is -0.336 e. The predicted octanol–water partition coefficient (Wildman–Crippen LogP) is 6.97. The fraction of sp³-hybridized carbons (Fsp3) is 0.324. The average molecular weight is 681 g/mol. The maximum Gasteiger partial charge on any atom is 0.333 e. The molecular formula is C34H36N2O7S3. The molecule has 0 aromatic heterocycles. The predicted molar refractivity (Wildman–Crippen MR) is 183 cm³/mol. The second-order valence-corrected chi connectivity index (χ2v) is 15.0. The van der Waals surface area contributed by atoms with E-state index in [1.807, 2.05) is 42.5 Å². The van der Waals surface area contributed by atoms with Crippen LogP contribution in [0.2, 0.25) is 0 Å². The number of benzene rings is 3. The first kappa shape index (κ1) is 33.8. The van der Waals surface area contributed by atoms with Gasteiger partial charge in [0.1, 0.15) is 0 Å². The molecule has 2 aliphatic rings. The van der Waals surface area contributed by atoms with Crippen LogP contribution in [0.5, 0.6) is 0 Å². The van der Waals surface area contributed by atoms with Gasteiger partial charge in [0.25, 0.3) is 21.9 Å². The maximum absolute atomic E-state index is 12.2. The molecule has 2 amide bonds. The number of anilines is 2. The first-order chi connectivity index (χ1) is 22.2. The molecule has 1 saturated heterocycles. The van der Waals surface area contributed by atoms with Crippen molar-refractivity contribution in [3.8, 4) is 0 Å². The molecule has 0 spiro atoms. The highest BCUT2D eigenvalue weighted by Gasteiger charge is 2.33. The lowest BCUT2D eigenvalue weighted by atomic mass is 9.91. The van der Waals surface area contributed by atoms with E-state index in [0.717, 1.165) is 50.9 Å². The van der Waals surface area contributed by atoms with E-state index in [4.69, 9.17) is 4.84 Å². The monoisotopic (exact) mass is 680 g/mol. The summed E-state index contributed by atoms with van der Waals surface area (Å²) in [7, 11) is -4.05. The molecule has 12 heteroatoms. The number of rotatable bonds is 15. The van der Waals surface area contributed by atoms with Crippen LogP contribution in [0.1, 0.15) is 61.6 Å². The van der Waals surface area contributed by atoms with Crippen molar-refractivity contribution in [3.05, 3.63) is 99.8 Å². The highest BCUT2D eigenvalue weighted by molar-refractivity contribution is 8.22. The third-order valence-electron chi connectivity index (χ3n) is 7.55. The van der Waals surface area contributed by atoms with Gasteiger partial charge in [0, 0.05) is 58.1 Å². The fourth-order valence-corrected chi connectivity index (χ4v) is 8.64. The summed E-state index contributed by atoms with van der Waals surface area (Å²) >= 11 is 3.30. The number of fused-ring (bicyclic) bond motifs is 2. The number of carbonyl (C=O) groups is 3. The Morgan fingerprint density at radius 2 is 1.33 bits per heavy atom. The van der Waals surface area contributed by atoms with Gasteiger partial charge in [-0.3, -0.25) is 14.1 Å². The molecule has 0 bridgehead atoms. The van der Waals surface area contributed by atoms with Gasteiger partial charge in [-0.05, 0) is 48.5 Å². The van der Waals surface area contributed by atoms with Crippen molar-refractivity contribution in [2.24, 2.45) is 0 Å². The summed E-state index contributed by atoms with van der Waals surface area (Å²) < 4.78 is 33.1. The zero-order valence-corrected chi connectivity index (χ0v) is 27.7. The van der Waals surface area contributed by atoms with E-state index < -0.39 is 27.9 Å². The summed E-state index contributed by atoms with van der Waals surface area (Å²) in [5.41, 5.74) is 6.65. The lowest BCUT2D eigenvalue weighted by Crippen LogP contribution is -2.31. The molecule has 46 heavy (non-hydrogen) atoms. The number of hydroxylamine groups is 2. The summed E-state index contributed by atoms with van der Waals surface area (Å²) in [6.07, 6.45) is 2.67. The molecule has 0 radical (unpaired) electrons. The van der Waals surface area contributed by atoms with Crippen molar-refractivity contribution in [2.45, 2.75) is 51.5 Å². The molecular weight excluding hydrogens is 645 g/mol. The molecule has 1 N–H and O–H groups in total. The molecule has 3 aromatic rings. The quantitative estimate of drug-likeness (QED) is 0.102. The molecule has 0 atom stereocenters. The van der Waals surface area contributed by atoms with Gasteiger partial charge >= 0.3 is 5.97 Å². The number of carbonyl (C=O) groups excluding carboxylic acids is 3. The Labute approximate surface area is 278 Å². The molecule has 0 saturated carbocycles. The third-order valence-corrected chi connectivity index (χ3v) is 11.0. The largest absolute Gasteiger partial charge is 0.336 e. The number of unbranched alkanes of at least 4 members (excludes halogenated alkanes) is 2. The van der Waals surface area contributed by atoms with E-state index in [-0.39, 0.29) is 25.0 Å². The van der Waals surface area contributed by atoms with Gasteiger partial charge < -0.3 is 9.74 Å². The number of amides is 2. The van der Waals surface area contributed by atoms with Crippen LogP contribution in [0.15, 0.2) is 83.1 Å². The molecule has 5 rings (SSSR count). The Morgan fingerprint density at radius 3 is 1.93 bits per heavy atom. The Balaban J connectivity index is 1.33. The average Bonchev–Trinajstić information content (AvgIpc) is 3.36. The molecule has 1 fully saturated rings. The van der Waals surface area contributed by atoms with Crippen LogP contribution in [0.4, 0.5) is 11.4 Å². The number of hydrogen-bond donors (Lipinski definition) is 1. The van der Waals surface area contributed by atoms with Gasteiger partial charge in [0.15, 0.2) is 0 Å². The van der Waals surface area contributed by atoms with E-state index >= 15 is 0 Å². The molecule has 0 unspecified atom stereocenters. The van der Waals surface area contributed by atoms with Crippen LogP contribution >= 0.6 is 23.5 Å². The molecule has 2 heterocycles. The van der Waals surface area contributed by atoms with Gasteiger partial charge in [0.05, 0.1) is 5.75 Å². The third kappa shape index (κ3) is 8.81. The zero-order chi connectivity index (χ0) is 32.5. The molecule has 242 valence electrons. The summed E-state index contributed by atoms with van der Waals surface area (Å²) in [4.78, 5) is 42.9. The van der Waals surface area contributed by atoms with Crippen LogP contribution in [0, 0.1) is 0 Å². The van der Waals surface area contributed by atoms with Crippen molar-refractivity contribution in [1.29, 1.82) is 0 Å². The Bertz CT molecular complexity index is 1640. The van der Waals surface area contributed by atoms with E-state index in [0.29, 0.717) is 30.2 Å². The molecule has 9 nitrogen and oxygen atoms in total. The fourth-order valence-electron chi connectivity index (χ4n) is 5.38. The van der Waals surface area contributed by atoms with Gasteiger partial charge in [-0.2, -0.15) is 8.42 Å². The zero-order valence-electron chi connectivity index (χ0n) is 25.3. The van der Waals surface area contributed by atoms with Crippen LogP contribution in [0.3, 0.4) is 0 Å².